The Morgan fingerprint density at radius 2 is 1.94 bits per heavy atom. The average molecular weight is 243 g/mol. The SMILES string of the molecule is CCOC(=O)COCCN1C(C)CCCC1C. The number of esters is 1. The van der Waals surface area contributed by atoms with Crippen LogP contribution in [0.2, 0.25) is 0 Å². The lowest BCUT2D eigenvalue weighted by molar-refractivity contribution is -0.148. The highest BCUT2D eigenvalue weighted by molar-refractivity contribution is 5.70. The summed E-state index contributed by atoms with van der Waals surface area (Å²) in [5.74, 6) is -0.271. The van der Waals surface area contributed by atoms with Crippen molar-refractivity contribution in [3.63, 3.8) is 0 Å². The predicted molar refractivity (Wildman–Crippen MR) is 66.9 cm³/mol. The number of nitrogens with zero attached hydrogens (tertiary/aromatic N) is 1. The number of hydrogen-bond acceptors (Lipinski definition) is 4. The fraction of sp³-hybridized carbons (Fsp3) is 0.923. The summed E-state index contributed by atoms with van der Waals surface area (Å²) in [7, 11) is 0. The molecule has 1 aliphatic heterocycles. The van der Waals surface area contributed by atoms with E-state index in [0.29, 0.717) is 25.3 Å². The molecule has 0 bridgehead atoms. The monoisotopic (exact) mass is 243 g/mol. The molecule has 0 aliphatic carbocycles. The van der Waals surface area contributed by atoms with Crippen LogP contribution in [0, 0.1) is 0 Å². The van der Waals surface area contributed by atoms with Gasteiger partial charge in [0.1, 0.15) is 6.61 Å². The third kappa shape index (κ3) is 5.04. The van der Waals surface area contributed by atoms with Crippen LogP contribution in [0.15, 0.2) is 0 Å². The summed E-state index contributed by atoms with van der Waals surface area (Å²) in [6, 6.07) is 1.26. The summed E-state index contributed by atoms with van der Waals surface area (Å²) in [6.07, 6.45) is 3.85. The Bertz CT molecular complexity index is 223. The smallest absolute Gasteiger partial charge is 0.332 e. The zero-order valence-electron chi connectivity index (χ0n) is 11.3. The molecule has 0 amide bonds. The molecule has 1 heterocycles. The first kappa shape index (κ1) is 14.5. The summed E-state index contributed by atoms with van der Waals surface area (Å²) in [6.45, 7) is 8.33. The van der Waals surface area contributed by atoms with Gasteiger partial charge in [0.25, 0.3) is 0 Å². The highest BCUT2D eigenvalue weighted by Crippen LogP contribution is 2.21. The lowest BCUT2D eigenvalue weighted by atomic mass is 9.98. The Hall–Kier alpha value is -0.610. The normalized spacial score (nSPS) is 25.8. The van der Waals surface area contributed by atoms with Gasteiger partial charge in [-0.15, -0.1) is 0 Å². The highest BCUT2D eigenvalue weighted by Gasteiger charge is 2.23. The standard InChI is InChI=1S/C13H25NO3/c1-4-17-13(15)10-16-9-8-14-11(2)6-5-7-12(14)3/h11-12H,4-10H2,1-3H3. The van der Waals surface area contributed by atoms with Crippen molar-refractivity contribution < 1.29 is 14.3 Å². The molecule has 0 aromatic rings. The first-order valence-electron chi connectivity index (χ1n) is 6.64. The van der Waals surface area contributed by atoms with Gasteiger partial charge in [0.2, 0.25) is 0 Å². The minimum Gasteiger partial charge on any atom is -0.464 e. The van der Waals surface area contributed by atoms with E-state index in [0.717, 1.165) is 6.54 Å². The number of likely N-dealkylation sites (tertiary alicyclic amines) is 1. The summed E-state index contributed by atoms with van der Waals surface area (Å²) < 4.78 is 10.1. The van der Waals surface area contributed by atoms with Crippen LogP contribution >= 0.6 is 0 Å². The second-order valence-corrected chi connectivity index (χ2v) is 4.72. The van der Waals surface area contributed by atoms with Crippen molar-refractivity contribution in [2.24, 2.45) is 0 Å². The molecule has 0 radical (unpaired) electrons. The maximum atomic E-state index is 11.1. The Morgan fingerprint density at radius 1 is 1.29 bits per heavy atom. The zero-order valence-corrected chi connectivity index (χ0v) is 11.3. The fourth-order valence-electron chi connectivity index (χ4n) is 2.44. The van der Waals surface area contributed by atoms with Crippen molar-refractivity contribution in [1.29, 1.82) is 0 Å². The molecule has 17 heavy (non-hydrogen) atoms. The van der Waals surface area contributed by atoms with E-state index in [2.05, 4.69) is 18.7 Å². The number of carbonyl (C=O) groups is 1. The van der Waals surface area contributed by atoms with Gasteiger partial charge in [-0.2, -0.15) is 0 Å². The summed E-state index contributed by atoms with van der Waals surface area (Å²) >= 11 is 0. The van der Waals surface area contributed by atoms with E-state index in [1.54, 1.807) is 6.92 Å². The molecule has 0 spiro atoms. The van der Waals surface area contributed by atoms with Gasteiger partial charge in [-0.25, -0.2) is 4.79 Å². The molecular weight excluding hydrogens is 218 g/mol. The van der Waals surface area contributed by atoms with E-state index >= 15 is 0 Å². The van der Waals surface area contributed by atoms with Crippen LogP contribution in [-0.2, 0) is 14.3 Å². The molecule has 1 fully saturated rings. The zero-order chi connectivity index (χ0) is 12.7. The topological polar surface area (TPSA) is 38.8 Å². The molecule has 0 N–H and O–H groups in total. The largest absolute Gasteiger partial charge is 0.464 e. The summed E-state index contributed by atoms with van der Waals surface area (Å²) in [5, 5.41) is 0. The molecule has 4 heteroatoms. The first-order chi connectivity index (χ1) is 8.15. The van der Waals surface area contributed by atoms with E-state index in [-0.39, 0.29) is 12.6 Å². The van der Waals surface area contributed by atoms with Crippen molar-refractivity contribution in [3.05, 3.63) is 0 Å². The molecule has 0 saturated carbocycles. The molecule has 1 aliphatic rings. The van der Waals surface area contributed by atoms with Crippen LogP contribution in [0.4, 0.5) is 0 Å². The van der Waals surface area contributed by atoms with Gasteiger partial charge >= 0.3 is 5.97 Å². The lowest BCUT2D eigenvalue weighted by Gasteiger charge is -2.38. The van der Waals surface area contributed by atoms with Gasteiger partial charge in [0.05, 0.1) is 13.2 Å². The Labute approximate surface area is 104 Å². The van der Waals surface area contributed by atoms with Crippen molar-refractivity contribution in [2.45, 2.75) is 52.1 Å². The molecule has 100 valence electrons. The first-order valence-corrected chi connectivity index (χ1v) is 6.64. The number of ether oxygens (including phenoxy) is 2. The minimum absolute atomic E-state index is 0.0739. The number of hydrogen-bond donors (Lipinski definition) is 0. The van der Waals surface area contributed by atoms with Crippen LogP contribution < -0.4 is 0 Å². The fourth-order valence-corrected chi connectivity index (χ4v) is 2.44. The van der Waals surface area contributed by atoms with E-state index in [1.807, 2.05) is 0 Å². The van der Waals surface area contributed by atoms with Crippen LogP contribution in [-0.4, -0.2) is 49.3 Å². The van der Waals surface area contributed by atoms with E-state index in [4.69, 9.17) is 9.47 Å². The van der Waals surface area contributed by atoms with E-state index < -0.39 is 0 Å². The number of rotatable bonds is 6. The Morgan fingerprint density at radius 3 is 2.53 bits per heavy atom. The van der Waals surface area contributed by atoms with Crippen LogP contribution in [0.25, 0.3) is 0 Å². The average Bonchev–Trinajstić information content (AvgIpc) is 2.28. The number of carbonyl (C=O) groups excluding carboxylic acids is 1. The molecule has 2 unspecified atom stereocenters. The summed E-state index contributed by atoms with van der Waals surface area (Å²) in [5.41, 5.74) is 0. The second-order valence-electron chi connectivity index (χ2n) is 4.72. The Balaban J connectivity index is 2.14. The van der Waals surface area contributed by atoms with Crippen molar-refractivity contribution in [2.75, 3.05) is 26.4 Å². The third-order valence-corrected chi connectivity index (χ3v) is 3.40. The van der Waals surface area contributed by atoms with Gasteiger partial charge in [0.15, 0.2) is 0 Å². The molecule has 2 atom stereocenters. The van der Waals surface area contributed by atoms with Crippen LogP contribution in [0.3, 0.4) is 0 Å². The van der Waals surface area contributed by atoms with Gasteiger partial charge in [0, 0.05) is 18.6 Å². The van der Waals surface area contributed by atoms with E-state index in [9.17, 15) is 4.79 Å². The molecule has 4 nitrogen and oxygen atoms in total. The molecule has 1 rings (SSSR count). The van der Waals surface area contributed by atoms with Gasteiger partial charge in [-0.1, -0.05) is 6.42 Å². The van der Waals surface area contributed by atoms with Gasteiger partial charge < -0.3 is 9.47 Å². The summed E-state index contributed by atoms with van der Waals surface area (Å²) in [4.78, 5) is 13.5. The lowest BCUT2D eigenvalue weighted by Crippen LogP contribution is -2.45. The van der Waals surface area contributed by atoms with E-state index in [1.165, 1.54) is 19.3 Å². The van der Waals surface area contributed by atoms with Gasteiger partial charge in [-0.3, -0.25) is 4.90 Å². The van der Waals surface area contributed by atoms with Crippen LogP contribution in [0.1, 0.15) is 40.0 Å². The third-order valence-electron chi connectivity index (χ3n) is 3.40. The molecule has 0 aromatic carbocycles. The predicted octanol–water partition coefficient (Wildman–Crippen LogP) is 1.83. The maximum absolute atomic E-state index is 11.1. The maximum Gasteiger partial charge on any atom is 0.332 e. The molecule has 1 saturated heterocycles. The van der Waals surface area contributed by atoms with Crippen LogP contribution in [0.5, 0.6) is 0 Å². The molecule has 0 aromatic heterocycles. The minimum atomic E-state index is -0.271. The van der Waals surface area contributed by atoms with Crippen molar-refractivity contribution in [3.8, 4) is 0 Å². The molecular formula is C13H25NO3. The Kier molecular flexibility index (Phi) is 6.52. The second kappa shape index (κ2) is 7.67. The van der Waals surface area contributed by atoms with Crippen molar-refractivity contribution >= 4 is 5.97 Å². The van der Waals surface area contributed by atoms with Gasteiger partial charge in [-0.05, 0) is 33.6 Å². The quantitative estimate of drug-likeness (QED) is 0.527. The highest BCUT2D eigenvalue weighted by atomic mass is 16.6. The number of piperidine rings is 1. The van der Waals surface area contributed by atoms with Crippen molar-refractivity contribution in [1.82, 2.24) is 4.90 Å².